The topological polar surface area (TPSA) is 52.6 Å². The summed E-state index contributed by atoms with van der Waals surface area (Å²) in [5.41, 5.74) is -0.824. The molecule has 2 atom stereocenters. The molecule has 4 heteroatoms. The molecule has 0 aliphatic carbocycles. The number of hydrogen-bond acceptors (Lipinski definition) is 3. The van der Waals surface area contributed by atoms with Crippen LogP contribution in [0.5, 0.6) is 0 Å². The van der Waals surface area contributed by atoms with Gasteiger partial charge in [0.05, 0.1) is 0 Å². The van der Waals surface area contributed by atoms with Crippen molar-refractivity contribution in [3.8, 4) is 0 Å². The Kier molecular flexibility index (Phi) is 9.02. The number of nitrogens with zero attached hydrogens (tertiary/aromatic N) is 1. The van der Waals surface area contributed by atoms with Crippen molar-refractivity contribution < 1.29 is 9.90 Å². The Labute approximate surface area is 118 Å². The maximum atomic E-state index is 11.5. The van der Waals surface area contributed by atoms with Crippen LogP contribution in [0.25, 0.3) is 0 Å². The monoisotopic (exact) mass is 272 g/mol. The summed E-state index contributed by atoms with van der Waals surface area (Å²) in [4.78, 5) is 13.9. The van der Waals surface area contributed by atoms with Crippen molar-refractivity contribution in [2.24, 2.45) is 0 Å². The molecule has 0 saturated carbocycles. The predicted molar refractivity (Wildman–Crippen MR) is 80.6 cm³/mol. The highest BCUT2D eigenvalue weighted by molar-refractivity contribution is 5.78. The van der Waals surface area contributed by atoms with Gasteiger partial charge in [-0.3, -0.25) is 4.79 Å². The maximum Gasteiger partial charge on any atom is 0.323 e. The highest BCUT2D eigenvalue weighted by Gasteiger charge is 2.35. The van der Waals surface area contributed by atoms with Crippen LogP contribution in [-0.2, 0) is 4.79 Å². The molecule has 0 aromatic heterocycles. The van der Waals surface area contributed by atoms with Crippen LogP contribution in [0.4, 0.5) is 0 Å². The van der Waals surface area contributed by atoms with E-state index in [1.807, 2.05) is 0 Å². The van der Waals surface area contributed by atoms with E-state index >= 15 is 0 Å². The van der Waals surface area contributed by atoms with Crippen LogP contribution in [0.15, 0.2) is 0 Å². The van der Waals surface area contributed by atoms with Gasteiger partial charge >= 0.3 is 5.97 Å². The Morgan fingerprint density at radius 2 is 1.95 bits per heavy atom. The first-order valence-corrected chi connectivity index (χ1v) is 7.63. The molecule has 4 nitrogen and oxygen atoms in total. The maximum absolute atomic E-state index is 11.5. The number of rotatable bonds is 11. The molecule has 0 aliphatic heterocycles. The van der Waals surface area contributed by atoms with Gasteiger partial charge in [-0.25, -0.2) is 0 Å². The lowest BCUT2D eigenvalue weighted by Crippen LogP contribution is -2.53. The number of carboxylic acids is 1. The van der Waals surface area contributed by atoms with Gasteiger partial charge in [-0.1, -0.05) is 27.2 Å². The summed E-state index contributed by atoms with van der Waals surface area (Å²) in [5.74, 6) is -0.751. The van der Waals surface area contributed by atoms with Crippen LogP contribution >= 0.6 is 0 Å². The summed E-state index contributed by atoms with van der Waals surface area (Å²) in [5, 5.41) is 12.6. The normalized spacial score (nSPS) is 16.3. The van der Waals surface area contributed by atoms with Gasteiger partial charge in [0.1, 0.15) is 5.54 Å². The standard InChI is InChI=1S/C15H32N2O2/c1-6-9-11-17(8-3)13(4)12-15(5,14(18)19)16-10-7-2/h13,16H,6-12H2,1-5H3,(H,18,19). The van der Waals surface area contributed by atoms with Gasteiger partial charge in [-0.05, 0) is 52.7 Å². The van der Waals surface area contributed by atoms with Gasteiger partial charge in [0.15, 0.2) is 0 Å². The van der Waals surface area contributed by atoms with E-state index in [-0.39, 0.29) is 6.04 Å². The van der Waals surface area contributed by atoms with Gasteiger partial charge in [0.25, 0.3) is 0 Å². The van der Waals surface area contributed by atoms with Crippen molar-refractivity contribution in [1.29, 1.82) is 0 Å². The van der Waals surface area contributed by atoms with Crippen LogP contribution < -0.4 is 5.32 Å². The third-order valence-electron chi connectivity index (χ3n) is 3.77. The van der Waals surface area contributed by atoms with E-state index in [0.29, 0.717) is 6.42 Å². The molecule has 114 valence electrons. The highest BCUT2D eigenvalue weighted by Crippen LogP contribution is 2.17. The van der Waals surface area contributed by atoms with Crippen LogP contribution in [0.1, 0.15) is 60.3 Å². The predicted octanol–water partition coefficient (Wildman–Crippen LogP) is 2.73. The molecule has 0 bridgehead atoms. The molecule has 0 saturated heterocycles. The molecule has 0 fully saturated rings. The van der Waals surface area contributed by atoms with Gasteiger partial charge in [0, 0.05) is 6.04 Å². The minimum absolute atomic E-state index is 0.280. The Hall–Kier alpha value is -0.610. The summed E-state index contributed by atoms with van der Waals surface area (Å²) in [6.45, 7) is 13.1. The second kappa shape index (κ2) is 9.32. The molecule has 0 rings (SSSR count). The number of carboxylic acid groups (broad SMARTS) is 1. The Balaban J connectivity index is 4.59. The van der Waals surface area contributed by atoms with Gasteiger partial charge in [0.2, 0.25) is 0 Å². The van der Waals surface area contributed by atoms with Crippen molar-refractivity contribution in [2.45, 2.75) is 71.9 Å². The number of aliphatic carboxylic acids is 1. The van der Waals surface area contributed by atoms with Crippen molar-refractivity contribution in [3.63, 3.8) is 0 Å². The summed E-state index contributed by atoms with van der Waals surface area (Å²) < 4.78 is 0. The highest BCUT2D eigenvalue weighted by atomic mass is 16.4. The molecule has 0 radical (unpaired) electrons. The molecular weight excluding hydrogens is 240 g/mol. The van der Waals surface area contributed by atoms with E-state index in [2.05, 4.69) is 37.9 Å². The zero-order valence-electron chi connectivity index (χ0n) is 13.3. The van der Waals surface area contributed by atoms with E-state index in [4.69, 9.17) is 0 Å². The molecule has 0 aromatic carbocycles. The van der Waals surface area contributed by atoms with E-state index < -0.39 is 11.5 Å². The minimum atomic E-state index is -0.824. The zero-order valence-corrected chi connectivity index (χ0v) is 13.3. The third-order valence-corrected chi connectivity index (χ3v) is 3.77. The molecule has 0 aromatic rings. The molecule has 2 N–H and O–H groups in total. The summed E-state index contributed by atoms with van der Waals surface area (Å²) in [6, 6.07) is 0.280. The second-order valence-electron chi connectivity index (χ2n) is 5.60. The smallest absolute Gasteiger partial charge is 0.323 e. The molecule has 19 heavy (non-hydrogen) atoms. The molecule has 0 heterocycles. The fourth-order valence-electron chi connectivity index (χ4n) is 2.41. The largest absolute Gasteiger partial charge is 0.480 e. The number of unbranched alkanes of at least 4 members (excludes halogenated alkanes) is 1. The number of carbonyl (C=O) groups is 1. The van der Waals surface area contributed by atoms with E-state index in [1.54, 1.807) is 6.92 Å². The van der Waals surface area contributed by atoms with E-state index in [0.717, 1.165) is 26.1 Å². The van der Waals surface area contributed by atoms with Crippen LogP contribution in [0, 0.1) is 0 Å². The van der Waals surface area contributed by atoms with Crippen molar-refractivity contribution >= 4 is 5.97 Å². The fraction of sp³-hybridized carbons (Fsp3) is 0.933. The average molecular weight is 272 g/mol. The van der Waals surface area contributed by atoms with Crippen LogP contribution in [0.2, 0.25) is 0 Å². The lowest BCUT2D eigenvalue weighted by Gasteiger charge is -2.35. The number of hydrogen-bond donors (Lipinski definition) is 2. The van der Waals surface area contributed by atoms with Gasteiger partial charge in [-0.15, -0.1) is 0 Å². The van der Waals surface area contributed by atoms with Crippen LogP contribution in [-0.4, -0.2) is 47.2 Å². The van der Waals surface area contributed by atoms with Crippen molar-refractivity contribution in [2.75, 3.05) is 19.6 Å². The SMILES string of the molecule is CCCCN(CC)C(C)CC(C)(NCCC)C(=O)O. The first-order valence-electron chi connectivity index (χ1n) is 7.63. The van der Waals surface area contributed by atoms with Gasteiger partial charge in [-0.2, -0.15) is 0 Å². The van der Waals surface area contributed by atoms with Gasteiger partial charge < -0.3 is 15.3 Å². The van der Waals surface area contributed by atoms with Crippen LogP contribution in [0.3, 0.4) is 0 Å². The van der Waals surface area contributed by atoms with Crippen molar-refractivity contribution in [3.05, 3.63) is 0 Å². The quantitative estimate of drug-likeness (QED) is 0.607. The zero-order chi connectivity index (χ0) is 14.9. The second-order valence-corrected chi connectivity index (χ2v) is 5.60. The Morgan fingerprint density at radius 1 is 1.32 bits per heavy atom. The third kappa shape index (κ3) is 6.39. The molecule has 0 aliphatic rings. The summed E-state index contributed by atoms with van der Waals surface area (Å²) in [6.07, 6.45) is 3.93. The van der Waals surface area contributed by atoms with E-state index in [1.165, 1.54) is 12.8 Å². The fourth-order valence-corrected chi connectivity index (χ4v) is 2.41. The molecular formula is C15H32N2O2. The first kappa shape index (κ1) is 18.4. The molecule has 0 amide bonds. The molecule has 0 spiro atoms. The summed E-state index contributed by atoms with van der Waals surface area (Å²) in [7, 11) is 0. The Morgan fingerprint density at radius 3 is 2.37 bits per heavy atom. The Bertz CT molecular complexity index is 259. The lowest BCUT2D eigenvalue weighted by molar-refractivity contribution is -0.145. The minimum Gasteiger partial charge on any atom is -0.480 e. The lowest BCUT2D eigenvalue weighted by atomic mass is 9.92. The average Bonchev–Trinajstić information content (AvgIpc) is 2.37. The summed E-state index contributed by atoms with van der Waals surface area (Å²) >= 11 is 0. The number of nitrogens with one attached hydrogen (secondary N) is 1. The first-order chi connectivity index (χ1) is 8.91. The molecule has 2 unspecified atom stereocenters. The van der Waals surface area contributed by atoms with Crippen molar-refractivity contribution in [1.82, 2.24) is 10.2 Å². The van der Waals surface area contributed by atoms with E-state index in [9.17, 15) is 9.90 Å².